The second-order valence-corrected chi connectivity index (χ2v) is 4.13. The molecule has 7 heteroatoms. The number of ether oxygens (including phenoxy) is 1. The second kappa shape index (κ2) is 4.89. The molecule has 0 aromatic heterocycles. The van der Waals surface area contributed by atoms with Gasteiger partial charge in [-0.15, -0.1) is 0 Å². The molecule has 0 aliphatic heterocycles. The van der Waals surface area contributed by atoms with Crippen molar-refractivity contribution in [2.45, 2.75) is 6.61 Å². The third kappa shape index (κ3) is 2.88. The zero-order valence-electron chi connectivity index (χ0n) is 7.14. The van der Waals surface area contributed by atoms with Crippen LogP contribution in [0.15, 0.2) is 21.1 Å². The van der Waals surface area contributed by atoms with Crippen molar-refractivity contribution in [1.29, 1.82) is 0 Å². The fourth-order valence-corrected chi connectivity index (χ4v) is 1.68. The Labute approximate surface area is 101 Å². The first-order valence-corrected chi connectivity index (χ1v) is 5.24. The number of carbonyl (C=O) groups excluding carboxylic acids is 1. The van der Waals surface area contributed by atoms with Crippen LogP contribution in [0, 0.1) is 0 Å². The fraction of sp³-hybridized carbons (Fsp3) is 0.125. The van der Waals surface area contributed by atoms with Gasteiger partial charge in [0.1, 0.15) is 0 Å². The molecule has 2 N–H and O–H groups in total. The third-order valence-electron chi connectivity index (χ3n) is 1.52. The smallest absolute Gasteiger partial charge is 0.387 e. The summed E-state index contributed by atoms with van der Waals surface area (Å²) in [4.78, 5) is 10.9. The number of nitrogens with two attached hydrogens (primary N) is 1. The molecule has 0 saturated heterocycles. The number of benzene rings is 1. The van der Waals surface area contributed by atoms with Gasteiger partial charge in [0.2, 0.25) is 0 Å². The number of hydrogen-bond donors (Lipinski definition) is 1. The standard InChI is InChI=1S/C8H5Br2F2NO2/c9-4-2-1-3(7(13)14)6(5(4)10)15-8(11)12/h1-2,8H,(H2,13,14). The van der Waals surface area contributed by atoms with Crippen molar-refractivity contribution < 1.29 is 18.3 Å². The number of halogens is 4. The van der Waals surface area contributed by atoms with Gasteiger partial charge in [-0.1, -0.05) is 0 Å². The van der Waals surface area contributed by atoms with Crippen LogP contribution in [0.4, 0.5) is 8.78 Å². The van der Waals surface area contributed by atoms with Gasteiger partial charge >= 0.3 is 6.61 Å². The highest BCUT2D eigenvalue weighted by Crippen LogP contribution is 2.36. The summed E-state index contributed by atoms with van der Waals surface area (Å²) in [5.74, 6) is -1.11. The molecule has 0 bridgehead atoms. The van der Waals surface area contributed by atoms with Crippen LogP contribution in [0.5, 0.6) is 5.75 Å². The molecule has 0 aliphatic rings. The van der Waals surface area contributed by atoms with Crippen molar-refractivity contribution in [2.24, 2.45) is 5.73 Å². The largest absolute Gasteiger partial charge is 0.433 e. The van der Waals surface area contributed by atoms with Crippen LogP contribution >= 0.6 is 31.9 Å². The fourth-order valence-electron chi connectivity index (χ4n) is 0.930. The van der Waals surface area contributed by atoms with E-state index < -0.39 is 12.5 Å². The van der Waals surface area contributed by atoms with E-state index >= 15 is 0 Å². The van der Waals surface area contributed by atoms with Gasteiger partial charge in [0, 0.05) is 4.47 Å². The molecule has 0 aliphatic carbocycles. The van der Waals surface area contributed by atoms with E-state index in [2.05, 4.69) is 36.6 Å². The molecule has 1 aromatic carbocycles. The van der Waals surface area contributed by atoms with Crippen LogP contribution in [0.3, 0.4) is 0 Å². The zero-order chi connectivity index (χ0) is 11.6. The van der Waals surface area contributed by atoms with Gasteiger partial charge in [-0.25, -0.2) is 0 Å². The molecule has 0 saturated carbocycles. The SMILES string of the molecule is NC(=O)c1ccc(Br)c(Br)c1OC(F)F. The molecular weight excluding hydrogens is 340 g/mol. The van der Waals surface area contributed by atoms with Gasteiger partial charge in [0.15, 0.2) is 5.75 Å². The van der Waals surface area contributed by atoms with Gasteiger partial charge in [-0.3, -0.25) is 4.79 Å². The summed E-state index contributed by atoms with van der Waals surface area (Å²) in [6.45, 7) is -3.02. The number of alkyl halides is 2. The summed E-state index contributed by atoms with van der Waals surface area (Å²) >= 11 is 6.11. The van der Waals surface area contributed by atoms with E-state index in [4.69, 9.17) is 5.73 Å². The molecule has 1 aromatic rings. The molecule has 82 valence electrons. The highest BCUT2D eigenvalue weighted by atomic mass is 79.9. The Balaban J connectivity index is 3.28. The highest BCUT2D eigenvalue weighted by molar-refractivity contribution is 9.13. The topological polar surface area (TPSA) is 52.3 Å². The van der Waals surface area contributed by atoms with Crippen molar-refractivity contribution in [3.05, 3.63) is 26.6 Å². The maximum atomic E-state index is 12.1. The average Bonchev–Trinajstić information content (AvgIpc) is 2.12. The number of rotatable bonds is 3. The zero-order valence-corrected chi connectivity index (χ0v) is 10.3. The summed E-state index contributed by atoms with van der Waals surface area (Å²) in [6.07, 6.45) is 0. The van der Waals surface area contributed by atoms with Gasteiger partial charge in [-0.2, -0.15) is 8.78 Å². The van der Waals surface area contributed by atoms with Gasteiger partial charge < -0.3 is 10.5 Å². The Bertz CT molecular complexity index is 398. The Hall–Kier alpha value is -0.690. The minimum Gasteiger partial charge on any atom is -0.433 e. The first kappa shape index (κ1) is 12.4. The molecule has 0 fully saturated rings. The Morgan fingerprint density at radius 2 is 2.00 bits per heavy atom. The summed E-state index contributed by atoms with van der Waals surface area (Å²) in [5.41, 5.74) is 4.90. The monoisotopic (exact) mass is 343 g/mol. The first-order valence-electron chi connectivity index (χ1n) is 3.66. The van der Waals surface area contributed by atoms with Gasteiger partial charge in [-0.05, 0) is 44.0 Å². The quantitative estimate of drug-likeness (QED) is 0.916. The highest BCUT2D eigenvalue weighted by Gasteiger charge is 2.18. The van der Waals surface area contributed by atoms with E-state index in [-0.39, 0.29) is 15.8 Å². The normalized spacial score (nSPS) is 10.5. The molecule has 0 spiro atoms. The second-order valence-electron chi connectivity index (χ2n) is 2.48. The summed E-state index contributed by atoms with van der Waals surface area (Å²) in [5, 5.41) is 0. The molecule has 0 radical (unpaired) electrons. The van der Waals surface area contributed by atoms with Crippen molar-refractivity contribution in [1.82, 2.24) is 0 Å². The van der Waals surface area contributed by atoms with Crippen LogP contribution < -0.4 is 10.5 Å². The minimum atomic E-state index is -3.02. The molecule has 1 amide bonds. The van der Waals surface area contributed by atoms with Crippen LogP contribution in [0.2, 0.25) is 0 Å². The lowest BCUT2D eigenvalue weighted by atomic mass is 10.2. The molecule has 1 rings (SSSR count). The summed E-state index contributed by atoms with van der Waals surface area (Å²) < 4.78 is 29.0. The van der Waals surface area contributed by atoms with Crippen molar-refractivity contribution >= 4 is 37.8 Å². The van der Waals surface area contributed by atoms with E-state index in [0.717, 1.165) is 0 Å². The summed E-state index contributed by atoms with van der Waals surface area (Å²) in [6, 6.07) is 2.80. The van der Waals surface area contributed by atoms with Gasteiger partial charge in [0.05, 0.1) is 10.0 Å². The van der Waals surface area contributed by atoms with E-state index in [9.17, 15) is 13.6 Å². The van der Waals surface area contributed by atoms with E-state index in [1.807, 2.05) is 0 Å². The van der Waals surface area contributed by atoms with E-state index in [1.165, 1.54) is 12.1 Å². The number of primary amides is 1. The number of amides is 1. The van der Waals surface area contributed by atoms with Crippen LogP contribution in [0.25, 0.3) is 0 Å². The average molecular weight is 345 g/mol. The Kier molecular flexibility index (Phi) is 4.04. The maximum Gasteiger partial charge on any atom is 0.387 e. The van der Waals surface area contributed by atoms with E-state index in [0.29, 0.717) is 4.47 Å². The Morgan fingerprint density at radius 1 is 1.40 bits per heavy atom. The Morgan fingerprint density at radius 3 is 2.47 bits per heavy atom. The van der Waals surface area contributed by atoms with E-state index in [1.54, 1.807) is 0 Å². The lowest BCUT2D eigenvalue weighted by Gasteiger charge is -2.11. The van der Waals surface area contributed by atoms with Crippen molar-refractivity contribution in [3.63, 3.8) is 0 Å². The predicted octanol–water partition coefficient (Wildman–Crippen LogP) is 2.91. The molecule has 0 atom stereocenters. The van der Waals surface area contributed by atoms with Crippen molar-refractivity contribution in [2.75, 3.05) is 0 Å². The predicted molar refractivity (Wildman–Crippen MR) is 57.0 cm³/mol. The molecule has 15 heavy (non-hydrogen) atoms. The summed E-state index contributed by atoms with van der Waals surface area (Å²) in [7, 11) is 0. The lowest BCUT2D eigenvalue weighted by Crippen LogP contribution is -2.15. The van der Waals surface area contributed by atoms with Crippen molar-refractivity contribution in [3.8, 4) is 5.75 Å². The van der Waals surface area contributed by atoms with Crippen LogP contribution in [-0.2, 0) is 0 Å². The molecule has 0 unspecified atom stereocenters. The maximum absolute atomic E-state index is 12.1. The third-order valence-corrected chi connectivity index (χ3v) is 3.50. The minimum absolute atomic E-state index is 0.106. The van der Waals surface area contributed by atoms with Gasteiger partial charge in [0.25, 0.3) is 5.91 Å². The lowest BCUT2D eigenvalue weighted by molar-refractivity contribution is -0.0506. The van der Waals surface area contributed by atoms with Crippen LogP contribution in [0.1, 0.15) is 10.4 Å². The molecule has 3 nitrogen and oxygen atoms in total. The molecule has 0 heterocycles. The number of carbonyl (C=O) groups is 1. The number of hydrogen-bond acceptors (Lipinski definition) is 2. The van der Waals surface area contributed by atoms with Crippen LogP contribution in [-0.4, -0.2) is 12.5 Å². The molecular formula is C8H5Br2F2NO2. The first-order chi connectivity index (χ1) is 6.93.